The van der Waals surface area contributed by atoms with E-state index in [4.69, 9.17) is 4.98 Å². The Bertz CT molecular complexity index is 1150. The number of rotatable bonds is 3. The van der Waals surface area contributed by atoms with E-state index in [1.54, 1.807) is 0 Å². The van der Waals surface area contributed by atoms with Crippen LogP contribution in [-0.2, 0) is 11.8 Å². The molecule has 2 nitrogen and oxygen atoms in total. The molecule has 0 radical (unpaired) electrons. The van der Waals surface area contributed by atoms with Crippen LogP contribution in [0.3, 0.4) is 0 Å². The molecule has 0 bridgehead atoms. The summed E-state index contributed by atoms with van der Waals surface area (Å²) in [5.41, 5.74) is 9.38. The van der Waals surface area contributed by atoms with Crippen molar-refractivity contribution in [3.8, 4) is 22.4 Å². The maximum Gasteiger partial charge on any atom is 0.0744 e. The van der Waals surface area contributed by atoms with Crippen molar-refractivity contribution in [2.24, 2.45) is 0 Å². The predicted octanol–water partition coefficient (Wildman–Crippen LogP) is 6.04. The van der Waals surface area contributed by atoms with Crippen molar-refractivity contribution >= 4 is 0 Å². The van der Waals surface area contributed by atoms with Crippen LogP contribution in [0.1, 0.15) is 36.4 Å². The van der Waals surface area contributed by atoms with Gasteiger partial charge < -0.3 is 0 Å². The van der Waals surface area contributed by atoms with Gasteiger partial charge in [0.2, 0.25) is 0 Å². The van der Waals surface area contributed by atoms with Gasteiger partial charge in [0.1, 0.15) is 0 Å². The Morgan fingerprint density at radius 2 is 1.50 bits per heavy atom. The SMILES string of the molecule is CC(C)(c1ccccn1)c1ccc2c(n1)-c1cc(-c3ccccc3)ccc1C2. The van der Waals surface area contributed by atoms with E-state index >= 15 is 0 Å². The zero-order chi connectivity index (χ0) is 19.1. The first-order chi connectivity index (χ1) is 13.6. The van der Waals surface area contributed by atoms with Gasteiger partial charge in [0.15, 0.2) is 0 Å². The topological polar surface area (TPSA) is 25.8 Å². The molecule has 0 aliphatic heterocycles. The van der Waals surface area contributed by atoms with Gasteiger partial charge in [-0.2, -0.15) is 0 Å². The molecule has 2 heterocycles. The molecule has 2 aromatic carbocycles. The molecular formula is C26H22N2. The summed E-state index contributed by atoms with van der Waals surface area (Å²) in [6, 6.07) is 27.8. The highest BCUT2D eigenvalue weighted by Crippen LogP contribution is 2.39. The van der Waals surface area contributed by atoms with Crippen LogP contribution in [0.5, 0.6) is 0 Å². The van der Waals surface area contributed by atoms with Crippen LogP contribution in [-0.4, -0.2) is 9.97 Å². The Morgan fingerprint density at radius 1 is 0.714 bits per heavy atom. The zero-order valence-corrected chi connectivity index (χ0v) is 16.2. The molecule has 136 valence electrons. The molecule has 2 heteroatoms. The number of aromatic nitrogens is 2. The second kappa shape index (κ2) is 6.42. The molecule has 0 fully saturated rings. The fraction of sp³-hybridized carbons (Fsp3) is 0.154. The van der Waals surface area contributed by atoms with Crippen molar-refractivity contribution in [3.05, 3.63) is 108 Å². The monoisotopic (exact) mass is 362 g/mol. The molecule has 4 aromatic rings. The molecule has 28 heavy (non-hydrogen) atoms. The van der Waals surface area contributed by atoms with Crippen molar-refractivity contribution in [3.63, 3.8) is 0 Å². The maximum absolute atomic E-state index is 5.14. The molecule has 0 saturated heterocycles. The number of benzene rings is 2. The summed E-state index contributed by atoms with van der Waals surface area (Å²) in [6.07, 6.45) is 2.81. The second-order valence-corrected chi connectivity index (χ2v) is 7.96. The van der Waals surface area contributed by atoms with Crippen LogP contribution < -0.4 is 0 Å². The van der Waals surface area contributed by atoms with Crippen LogP contribution in [0.2, 0.25) is 0 Å². The minimum Gasteiger partial charge on any atom is -0.260 e. The lowest BCUT2D eigenvalue weighted by atomic mass is 9.84. The molecule has 0 N–H and O–H groups in total. The summed E-state index contributed by atoms with van der Waals surface area (Å²) in [4.78, 5) is 9.72. The van der Waals surface area contributed by atoms with E-state index in [-0.39, 0.29) is 5.41 Å². The van der Waals surface area contributed by atoms with Gasteiger partial charge in [-0.05, 0) is 60.4 Å². The van der Waals surface area contributed by atoms with Crippen molar-refractivity contribution in [2.45, 2.75) is 25.7 Å². The molecule has 0 saturated carbocycles. The van der Waals surface area contributed by atoms with Gasteiger partial charge in [-0.25, -0.2) is 0 Å². The Balaban J connectivity index is 1.61. The minimum absolute atomic E-state index is 0.240. The second-order valence-electron chi connectivity index (χ2n) is 7.96. The number of pyridine rings is 2. The third-order valence-electron chi connectivity index (χ3n) is 5.78. The van der Waals surface area contributed by atoms with Crippen LogP contribution in [0.4, 0.5) is 0 Å². The van der Waals surface area contributed by atoms with Crippen molar-refractivity contribution in [2.75, 3.05) is 0 Å². The van der Waals surface area contributed by atoms with Gasteiger partial charge in [0, 0.05) is 23.6 Å². The third kappa shape index (κ3) is 2.73. The van der Waals surface area contributed by atoms with Crippen LogP contribution >= 0.6 is 0 Å². The van der Waals surface area contributed by atoms with Gasteiger partial charge in [-0.15, -0.1) is 0 Å². The van der Waals surface area contributed by atoms with E-state index in [0.29, 0.717) is 0 Å². The predicted molar refractivity (Wildman–Crippen MR) is 114 cm³/mol. The number of hydrogen-bond acceptors (Lipinski definition) is 2. The fourth-order valence-corrected chi connectivity index (χ4v) is 4.04. The summed E-state index contributed by atoms with van der Waals surface area (Å²) in [7, 11) is 0. The van der Waals surface area contributed by atoms with Gasteiger partial charge in [-0.1, -0.05) is 54.6 Å². The Kier molecular flexibility index (Phi) is 3.87. The first-order valence-corrected chi connectivity index (χ1v) is 9.73. The molecule has 0 amide bonds. The van der Waals surface area contributed by atoms with Crippen LogP contribution in [0.15, 0.2) is 85.1 Å². The highest BCUT2D eigenvalue weighted by molar-refractivity contribution is 5.79. The highest BCUT2D eigenvalue weighted by Gasteiger charge is 2.29. The van der Waals surface area contributed by atoms with Gasteiger partial charge >= 0.3 is 0 Å². The van der Waals surface area contributed by atoms with E-state index in [2.05, 4.69) is 85.6 Å². The lowest BCUT2D eigenvalue weighted by Crippen LogP contribution is -2.22. The zero-order valence-electron chi connectivity index (χ0n) is 16.2. The van der Waals surface area contributed by atoms with E-state index in [1.165, 1.54) is 27.8 Å². The lowest BCUT2D eigenvalue weighted by molar-refractivity contribution is 0.596. The molecular weight excluding hydrogens is 340 g/mol. The van der Waals surface area contributed by atoms with Crippen LogP contribution in [0.25, 0.3) is 22.4 Å². The summed E-state index contributed by atoms with van der Waals surface area (Å²) in [5.74, 6) is 0. The average molecular weight is 362 g/mol. The molecule has 0 spiro atoms. The molecule has 0 atom stereocenters. The minimum atomic E-state index is -0.240. The maximum atomic E-state index is 5.14. The lowest BCUT2D eigenvalue weighted by Gasteiger charge is -2.24. The molecule has 0 unspecified atom stereocenters. The normalized spacial score (nSPS) is 12.5. The van der Waals surface area contributed by atoms with E-state index in [1.807, 2.05) is 18.3 Å². The number of nitrogens with zero attached hydrogens (tertiary/aromatic N) is 2. The van der Waals surface area contributed by atoms with Gasteiger partial charge in [0.05, 0.1) is 17.1 Å². The number of hydrogen-bond donors (Lipinski definition) is 0. The Hall–Kier alpha value is -3.26. The van der Waals surface area contributed by atoms with Gasteiger partial charge in [0.25, 0.3) is 0 Å². The molecule has 1 aliphatic carbocycles. The molecule has 5 rings (SSSR count). The largest absolute Gasteiger partial charge is 0.260 e. The van der Waals surface area contributed by atoms with E-state index in [9.17, 15) is 0 Å². The highest BCUT2D eigenvalue weighted by atomic mass is 14.8. The molecule has 1 aliphatic rings. The van der Waals surface area contributed by atoms with Gasteiger partial charge in [-0.3, -0.25) is 9.97 Å². The third-order valence-corrected chi connectivity index (χ3v) is 5.78. The van der Waals surface area contributed by atoms with Crippen LogP contribution in [0, 0.1) is 0 Å². The smallest absolute Gasteiger partial charge is 0.0744 e. The van der Waals surface area contributed by atoms with E-state index < -0.39 is 0 Å². The summed E-state index contributed by atoms with van der Waals surface area (Å²) >= 11 is 0. The van der Waals surface area contributed by atoms with Crippen molar-refractivity contribution in [1.29, 1.82) is 0 Å². The van der Waals surface area contributed by atoms with Crippen molar-refractivity contribution < 1.29 is 0 Å². The number of fused-ring (bicyclic) bond motifs is 3. The Labute approximate surface area is 165 Å². The molecule has 2 aromatic heterocycles. The quantitative estimate of drug-likeness (QED) is 0.391. The fourth-order valence-electron chi connectivity index (χ4n) is 4.04. The summed E-state index contributed by atoms with van der Waals surface area (Å²) < 4.78 is 0. The Morgan fingerprint density at radius 3 is 2.29 bits per heavy atom. The standard InChI is InChI=1S/C26H22N2/c1-26(2,23-10-6-7-15-27-23)24-14-13-21-16-20-12-11-19(17-22(20)25(21)28-24)18-8-4-3-5-9-18/h3-15,17H,16H2,1-2H3. The first kappa shape index (κ1) is 16.9. The van der Waals surface area contributed by atoms with Crippen molar-refractivity contribution in [1.82, 2.24) is 9.97 Å². The van der Waals surface area contributed by atoms with E-state index in [0.717, 1.165) is 23.5 Å². The summed E-state index contributed by atoms with van der Waals surface area (Å²) in [5, 5.41) is 0. The summed E-state index contributed by atoms with van der Waals surface area (Å²) in [6.45, 7) is 4.39. The first-order valence-electron chi connectivity index (χ1n) is 9.73. The average Bonchev–Trinajstić information content (AvgIpc) is 3.12.